The first-order valence-corrected chi connectivity index (χ1v) is 5.24. The van der Waals surface area contributed by atoms with Crippen LogP contribution in [-0.4, -0.2) is 18.7 Å². The minimum absolute atomic E-state index is 0.360. The van der Waals surface area contributed by atoms with E-state index in [0.717, 1.165) is 5.56 Å². The van der Waals surface area contributed by atoms with Gasteiger partial charge in [-0.15, -0.1) is 0 Å². The molecule has 0 N–H and O–H groups in total. The van der Waals surface area contributed by atoms with Crippen molar-refractivity contribution < 1.29 is 14.3 Å². The standard InChI is InChI=1S/C13H18O3/c1-13(2,3)16-12(14)11(15-4)10-8-6-5-7-9-10/h5-9,11H,1-4H3. The van der Waals surface area contributed by atoms with Gasteiger partial charge < -0.3 is 9.47 Å². The Morgan fingerprint density at radius 2 is 1.75 bits per heavy atom. The van der Waals surface area contributed by atoms with E-state index in [-0.39, 0.29) is 5.97 Å². The summed E-state index contributed by atoms with van der Waals surface area (Å²) in [5, 5.41) is 0. The Bertz CT molecular complexity index is 338. The van der Waals surface area contributed by atoms with E-state index in [9.17, 15) is 4.79 Å². The Balaban J connectivity index is 2.80. The first kappa shape index (κ1) is 12.7. The summed E-state index contributed by atoms with van der Waals surface area (Å²) in [4.78, 5) is 11.8. The van der Waals surface area contributed by atoms with Crippen LogP contribution in [0.3, 0.4) is 0 Å². The number of rotatable bonds is 3. The van der Waals surface area contributed by atoms with Crippen molar-refractivity contribution in [2.24, 2.45) is 0 Å². The topological polar surface area (TPSA) is 35.5 Å². The van der Waals surface area contributed by atoms with Crippen LogP contribution < -0.4 is 0 Å². The SMILES string of the molecule is COC(C(=O)OC(C)(C)C)c1ccccc1. The predicted octanol–water partition coefficient (Wildman–Crippen LogP) is 2.72. The molecular formula is C13H18O3. The Labute approximate surface area is 96.4 Å². The monoisotopic (exact) mass is 222 g/mol. The highest BCUT2D eigenvalue weighted by Crippen LogP contribution is 2.20. The van der Waals surface area contributed by atoms with Gasteiger partial charge in [-0.1, -0.05) is 30.3 Å². The molecule has 0 aliphatic heterocycles. The van der Waals surface area contributed by atoms with Crippen LogP contribution in [0.15, 0.2) is 30.3 Å². The van der Waals surface area contributed by atoms with Crippen LogP contribution in [0.2, 0.25) is 0 Å². The van der Waals surface area contributed by atoms with Gasteiger partial charge in [-0.05, 0) is 26.3 Å². The number of hydrogen-bond donors (Lipinski definition) is 0. The molecule has 0 spiro atoms. The van der Waals surface area contributed by atoms with Gasteiger partial charge in [0.25, 0.3) is 0 Å². The molecule has 0 heterocycles. The number of benzene rings is 1. The van der Waals surface area contributed by atoms with Crippen molar-refractivity contribution in [3.63, 3.8) is 0 Å². The van der Waals surface area contributed by atoms with Crippen LogP contribution in [0, 0.1) is 0 Å². The van der Waals surface area contributed by atoms with Gasteiger partial charge in [0.05, 0.1) is 0 Å². The highest BCUT2D eigenvalue weighted by molar-refractivity contribution is 5.76. The van der Waals surface area contributed by atoms with E-state index in [1.807, 2.05) is 51.1 Å². The summed E-state index contributed by atoms with van der Waals surface area (Å²) in [6.45, 7) is 5.51. The smallest absolute Gasteiger partial charge is 0.340 e. The van der Waals surface area contributed by atoms with Crippen molar-refractivity contribution in [2.75, 3.05) is 7.11 Å². The Morgan fingerprint density at radius 3 is 2.19 bits per heavy atom. The summed E-state index contributed by atoms with van der Waals surface area (Å²) < 4.78 is 10.5. The second kappa shape index (κ2) is 5.12. The van der Waals surface area contributed by atoms with Gasteiger partial charge in [-0.3, -0.25) is 0 Å². The maximum Gasteiger partial charge on any atom is 0.340 e. The lowest BCUT2D eigenvalue weighted by Crippen LogP contribution is -2.28. The van der Waals surface area contributed by atoms with Crippen molar-refractivity contribution >= 4 is 5.97 Å². The third-order valence-electron chi connectivity index (χ3n) is 1.96. The molecule has 16 heavy (non-hydrogen) atoms. The van der Waals surface area contributed by atoms with Crippen molar-refractivity contribution in [1.82, 2.24) is 0 Å². The van der Waals surface area contributed by atoms with Crippen LogP contribution in [0.1, 0.15) is 32.4 Å². The molecule has 0 aliphatic rings. The van der Waals surface area contributed by atoms with Crippen LogP contribution in [0.5, 0.6) is 0 Å². The molecule has 88 valence electrons. The molecule has 1 aromatic carbocycles. The van der Waals surface area contributed by atoms with Gasteiger partial charge in [-0.25, -0.2) is 4.79 Å². The number of esters is 1. The fourth-order valence-corrected chi connectivity index (χ4v) is 1.35. The largest absolute Gasteiger partial charge is 0.458 e. The lowest BCUT2D eigenvalue weighted by Gasteiger charge is -2.23. The highest BCUT2D eigenvalue weighted by Gasteiger charge is 2.26. The fraction of sp³-hybridized carbons (Fsp3) is 0.462. The molecule has 3 nitrogen and oxygen atoms in total. The molecule has 0 amide bonds. The van der Waals surface area contributed by atoms with Crippen LogP contribution in [0.4, 0.5) is 0 Å². The highest BCUT2D eigenvalue weighted by atomic mass is 16.6. The van der Waals surface area contributed by atoms with E-state index < -0.39 is 11.7 Å². The van der Waals surface area contributed by atoms with Crippen molar-refractivity contribution in [3.05, 3.63) is 35.9 Å². The average molecular weight is 222 g/mol. The number of hydrogen-bond acceptors (Lipinski definition) is 3. The molecule has 3 heteroatoms. The van der Waals surface area contributed by atoms with E-state index >= 15 is 0 Å². The van der Waals surface area contributed by atoms with Gasteiger partial charge in [-0.2, -0.15) is 0 Å². The zero-order chi connectivity index (χ0) is 12.2. The fourth-order valence-electron chi connectivity index (χ4n) is 1.35. The molecule has 0 aromatic heterocycles. The van der Waals surface area contributed by atoms with Gasteiger partial charge in [0, 0.05) is 7.11 Å². The van der Waals surface area contributed by atoms with E-state index in [1.54, 1.807) is 0 Å². The molecular weight excluding hydrogens is 204 g/mol. The molecule has 0 fully saturated rings. The number of carbonyl (C=O) groups is 1. The molecule has 1 aromatic rings. The van der Waals surface area contributed by atoms with E-state index in [4.69, 9.17) is 9.47 Å². The Morgan fingerprint density at radius 1 is 1.19 bits per heavy atom. The molecule has 0 saturated carbocycles. The third-order valence-corrected chi connectivity index (χ3v) is 1.96. The third kappa shape index (κ3) is 3.66. The molecule has 0 bridgehead atoms. The summed E-state index contributed by atoms with van der Waals surface area (Å²) in [5.74, 6) is -0.360. The quantitative estimate of drug-likeness (QED) is 0.738. The lowest BCUT2D eigenvalue weighted by molar-refractivity contribution is -0.167. The first-order valence-electron chi connectivity index (χ1n) is 5.24. The Kier molecular flexibility index (Phi) is 4.07. The molecule has 1 atom stereocenters. The maximum atomic E-state index is 11.8. The number of ether oxygens (including phenoxy) is 2. The molecule has 0 radical (unpaired) electrons. The minimum Gasteiger partial charge on any atom is -0.458 e. The molecule has 1 unspecified atom stereocenters. The molecule has 0 saturated heterocycles. The van der Waals surface area contributed by atoms with E-state index in [0.29, 0.717) is 0 Å². The van der Waals surface area contributed by atoms with Crippen LogP contribution >= 0.6 is 0 Å². The van der Waals surface area contributed by atoms with E-state index in [2.05, 4.69) is 0 Å². The summed E-state index contributed by atoms with van der Waals surface area (Å²) in [6, 6.07) is 9.32. The average Bonchev–Trinajstić information content (AvgIpc) is 2.17. The maximum absolute atomic E-state index is 11.8. The summed E-state index contributed by atoms with van der Waals surface area (Å²) in [7, 11) is 1.50. The van der Waals surface area contributed by atoms with E-state index in [1.165, 1.54) is 7.11 Å². The van der Waals surface area contributed by atoms with Crippen molar-refractivity contribution in [1.29, 1.82) is 0 Å². The summed E-state index contributed by atoms with van der Waals surface area (Å²) in [6.07, 6.45) is -0.652. The molecule has 0 aliphatic carbocycles. The summed E-state index contributed by atoms with van der Waals surface area (Å²) >= 11 is 0. The predicted molar refractivity (Wildman–Crippen MR) is 62.0 cm³/mol. The molecule has 1 rings (SSSR count). The van der Waals surface area contributed by atoms with Crippen molar-refractivity contribution in [2.45, 2.75) is 32.5 Å². The second-order valence-electron chi connectivity index (χ2n) is 4.56. The lowest BCUT2D eigenvalue weighted by atomic mass is 10.1. The van der Waals surface area contributed by atoms with Crippen molar-refractivity contribution in [3.8, 4) is 0 Å². The van der Waals surface area contributed by atoms with Gasteiger partial charge >= 0.3 is 5.97 Å². The number of carbonyl (C=O) groups excluding carboxylic acids is 1. The first-order chi connectivity index (χ1) is 7.44. The zero-order valence-corrected chi connectivity index (χ0v) is 10.2. The zero-order valence-electron chi connectivity index (χ0n) is 10.2. The second-order valence-corrected chi connectivity index (χ2v) is 4.56. The van der Waals surface area contributed by atoms with Gasteiger partial charge in [0.1, 0.15) is 5.60 Å². The van der Waals surface area contributed by atoms with Gasteiger partial charge in [0.15, 0.2) is 6.10 Å². The number of methoxy groups -OCH3 is 1. The normalized spacial score (nSPS) is 13.2. The van der Waals surface area contributed by atoms with Gasteiger partial charge in [0.2, 0.25) is 0 Å². The Hall–Kier alpha value is -1.35. The minimum atomic E-state index is -0.652. The van der Waals surface area contributed by atoms with Crippen LogP contribution in [0.25, 0.3) is 0 Å². The van der Waals surface area contributed by atoms with Crippen LogP contribution in [-0.2, 0) is 14.3 Å². The summed E-state index contributed by atoms with van der Waals surface area (Å²) in [5.41, 5.74) is 0.307.